The van der Waals surface area contributed by atoms with E-state index in [1.807, 2.05) is 6.07 Å². The molecular formula is C39H46N4O11. The molecule has 3 aliphatic heterocycles. The molecule has 54 heavy (non-hydrogen) atoms. The predicted octanol–water partition coefficient (Wildman–Crippen LogP) is 2.34. The lowest BCUT2D eigenvalue weighted by molar-refractivity contribution is -0.177. The molecule has 0 aliphatic carbocycles. The van der Waals surface area contributed by atoms with Gasteiger partial charge in [0.15, 0.2) is 0 Å². The van der Waals surface area contributed by atoms with Crippen LogP contribution < -0.4 is 16.2 Å². The van der Waals surface area contributed by atoms with E-state index in [1.54, 1.807) is 60.7 Å². The zero-order chi connectivity index (χ0) is 39.1. The van der Waals surface area contributed by atoms with Crippen molar-refractivity contribution in [1.82, 2.24) is 20.5 Å². The lowest BCUT2D eigenvalue weighted by Gasteiger charge is -2.44. The normalized spacial score (nSPS) is 18.7. The number of carbonyl (C=O) groups is 4. The topological polar surface area (TPSA) is 239 Å². The number of unbranched alkanes of at least 4 members (excludes halogenated alkanes) is 1. The van der Waals surface area contributed by atoms with Gasteiger partial charge in [-0.1, -0.05) is 48.5 Å². The number of nitrogens with zero attached hydrogens (tertiary/aromatic N) is 1. The van der Waals surface area contributed by atoms with E-state index in [0.29, 0.717) is 48.1 Å². The van der Waals surface area contributed by atoms with Gasteiger partial charge in [-0.25, -0.2) is 4.79 Å². The second-order valence-electron chi connectivity index (χ2n) is 12.9. The van der Waals surface area contributed by atoms with Crippen LogP contribution in [0.5, 0.6) is 5.75 Å². The Kier molecular flexibility index (Phi) is 15.2. The van der Waals surface area contributed by atoms with Crippen LogP contribution in [-0.2, 0) is 24.7 Å². The van der Waals surface area contributed by atoms with E-state index in [1.165, 1.54) is 12.1 Å². The van der Waals surface area contributed by atoms with E-state index < -0.39 is 17.7 Å². The predicted molar refractivity (Wildman–Crippen MR) is 198 cm³/mol. The molecule has 3 aliphatic rings. The maximum atomic E-state index is 13.8. The molecule has 1 aromatic heterocycles. The number of H-pyrrole nitrogens is 1. The Bertz CT molecular complexity index is 1910. The SMILES string of the molecule is O=C(NCCCCNC[C@H](O)c1ccc(O)c2[nH]c(=O)ccc12)c1cccc(C(O)(C(=O)O[C@@H]2CN3CCC2CC3)c2ccccc2)c1.O=CO.O=CO. The van der Waals surface area contributed by atoms with Crippen LogP contribution in [-0.4, -0.2) is 106 Å². The maximum absolute atomic E-state index is 13.8. The molecule has 3 aromatic carbocycles. The summed E-state index contributed by atoms with van der Waals surface area (Å²) >= 11 is 0. The molecular weight excluding hydrogens is 700 g/mol. The maximum Gasteiger partial charge on any atom is 0.348 e. The van der Waals surface area contributed by atoms with Gasteiger partial charge in [-0.3, -0.25) is 24.1 Å². The minimum absolute atomic E-state index is 0.0607. The van der Waals surface area contributed by atoms with Crippen molar-refractivity contribution in [2.45, 2.75) is 43.5 Å². The minimum atomic E-state index is -2.08. The number of benzene rings is 3. The summed E-state index contributed by atoms with van der Waals surface area (Å²) < 4.78 is 6.00. The third kappa shape index (κ3) is 10.3. The van der Waals surface area contributed by atoms with Crippen molar-refractivity contribution in [3.63, 3.8) is 0 Å². The molecule has 3 atom stereocenters. The first-order valence-electron chi connectivity index (χ1n) is 17.6. The van der Waals surface area contributed by atoms with E-state index in [0.717, 1.165) is 32.4 Å². The Hall–Kier alpha value is -5.61. The number of pyridine rings is 1. The number of esters is 1. The number of fused-ring (bicyclic) bond motifs is 4. The van der Waals surface area contributed by atoms with Crippen LogP contribution in [0.1, 0.15) is 58.8 Å². The van der Waals surface area contributed by atoms with Crippen LogP contribution in [0.2, 0.25) is 0 Å². The lowest BCUT2D eigenvalue weighted by atomic mass is 9.84. The smallest absolute Gasteiger partial charge is 0.348 e. The number of phenolic OH excluding ortho intramolecular Hbond substituents is 1. The number of aromatic hydroxyl groups is 1. The third-order valence-electron chi connectivity index (χ3n) is 9.55. The van der Waals surface area contributed by atoms with E-state index in [-0.39, 0.29) is 59.8 Å². The van der Waals surface area contributed by atoms with Gasteiger partial charge in [0, 0.05) is 42.2 Å². The van der Waals surface area contributed by atoms with Gasteiger partial charge in [-0.15, -0.1) is 0 Å². The molecule has 15 nitrogen and oxygen atoms in total. The summed E-state index contributed by atoms with van der Waals surface area (Å²) in [6, 6.07) is 21.2. The van der Waals surface area contributed by atoms with Gasteiger partial charge in [-0.05, 0) is 86.6 Å². The molecule has 4 heterocycles. The lowest BCUT2D eigenvalue weighted by Crippen LogP contribution is -2.53. The van der Waals surface area contributed by atoms with Crippen molar-refractivity contribution >= 4 is 35.7 Å². The molecule has 15 heteroatoms. The molecule has 2 bridgehead atoms. The Balaban J connectivity index is 0.00000102. The van der Waals surface area contributed by atoms with E-state index in [9.17, 15) is 29.7 Å². The van der Waals surface area contributed by atoms with Gasteiger partial charge in [0.05, 0.1) is 11.6 Å². The van der Waals surface area contributed by atoms with E-state index in [2.05, 4.69) is 20.5 Å². The molecule has 1 amide bonds. The molecule has 1 unspecified atom stereocenters. The first-order chi connectivity index (χ1) is 26.1. The van der Waals surface area contributed by atoms with Crippen LogP contribution in [0.4, 0.5) is 0 Å². The number of aliphatic hydroxyl groups is 2. The standard InChI is InChI=1S/C37H42N4O7.2CH2O2/c42-30-13-11-28(29-12-14-33(44)40-34(29)30)31(43)22-38-17-4-5-18-39-35(45)25-7-6-10-27(21-25)37(47,26-8-2-1-3-9-26)36(46)48-32-23-41-19-15-24(32)16-20-41;2*2-1-3/h1-3,6-14,21,24,31-32,38,42-43,47H,4-5,15-20,22-23H2,(H,39,45)(H,40,44);2*1H,(H,2,3)/t31-,32+,37?;;/m0../s1. The second kappa shape index (κ2) is 20.0. The molecule has 8 N–H and O–H groups in total. The number of amides is 1. The average Bonchev–Trinajstić information content (AvgIpc) is 3.19. The van der Waals surface area contributed by atoms with Crippen LogP contribution in [0, 0.1) is 5.92 Å². The number of phenols is 1. The number of hydrogen-bond acceptors (Lipinski definition) is 11. The van der Waals surface area contributed by atoms with Crippen LogP contribution >= 0.6 is 0 Å². The summed E-state index contributed by atoms with van der Waals surface area (Å²) in [5.41, 5.74) is -0.578. The number of aromatic nitrogens is 1. The minimum Gasteiger partial charge on any atom is -0.506 e. The summed E-state index contributed by atoms with van der Waals surface area (Å²) in [6.07, 6.45) is 2.22. The van der Waals surface area contributed by atoms with Gasteiger partial charge in [0.25, 0.3) is 18.9 Å². The van der Waals surface area contributed by atoms with Crippen molar-refractivity contribution in [1.29, 1.82) is 0 Å². The number of rotatable bonds is 13. The van der Waals surface area contributed by atoms with Crippen LogP contribution in [0.3, 0.4) is 0 Å². The molecule has 3 saturated heterocycles. The summed E-state index contributed by atoms with van der Waals surface area (Å²) in [7, 11) is 0. The number of carboxylic acid groups (broad SMARTS) is 2. The molecule has 0 radical (unpaired) electrons. The zero-order valence-electron chi connectivity index (χ0n) is 29.6. The van der Waals surface area contributed by atoms with Gasteiger partial charge >= 0.3 is 5.97 Å². The molecule has 4 aromatic rings. The Morgan fingerprint density at radius 3 is 2.26 bits per heavy atom. The highest BCUT2D eigenvalue weighted by molar-refractivity contribution is 5.95. The van der Waals surface area contributed by atoms with Gasteiger partial charge in [0.1, 0.15) is 11.9 Å². The summed E-state index contributed by atoms with van der Waals surface area (Å²) in [6.45, 7) is 3.45. The Morgan fingerprint density at radius 2 is 1.59 bits per heavy atom. The fraction of sp³-hybridized carbons (Fsp3) is 0.359. The number of aromatic amines is 1. The highest BCUT2D eigenvalue weighted by atomic mass is 16.6. The van der Waals surface area contributed by atoms with Crippen molar-refractivity contribution in [2.24, 2.45) is 5.92 Å². The van der Waals surface area contributed by atoms with Crippen molar-refractivity contribution in [3.8, 4) is 5.75 Å². The fourth-order valence-electron chi connectivity index (χ4n) is 6.81. The number of hydrogen-bond donors (Lipinski definition) is 8. The number of carbonyl (C=O) groups excluding carboxylic acids is 2. The summed E-state index contributed by atoms with van der Waals surface area (Å²) in [5.74, 6) is -0.840. The second-order valence-corrected chi connectivity index (χ2v) is 12.9. The highest BCUT2D eigenvalue weighted by Crippen LogP contribution is 2.36. The number of ether oxygens (including phenoxy) is 1. The van der Waals surface area contributed by atoms with E-state index >= 15 is 0 Å². The van der Waals surface area contributed by atoms with Gasteiger partial charge < -0.3 is 45.9 Å². The van der Waals surface area contributed by atoms with E-state index in [4.69, 9.17) is 24.5 Å². The van der Waals surface area contributed by atoms with Gasteiger partial charge in [-0.2, -0.15) is 0 Å². The van der Waals surface area contributed by atoms with Crippen LogP contribution in [0.25, 0.3) is 10.9 Å². The van der Waals surface area contributed by atoms with Crippen LogP contribution in [0.15, 0.2) is 83.7 Å². The number of aliphatic hydroxyl groups excluding tert-OH is 1. The number of nitrogens with one attached hydrogen (secondary N) is 3. The largest absolute Gasteiger partial charge is 0.506 e. The zero-order valence-corrected chi connectivity index (χ0v) is 29.6. The first-order valence-corrected chi connectivity index (χ1v) is 17.6. The third-order valence-corrected chi connectivity index (χ3v) is 9.55. The van der Waals surface area contributed by atoms with Gasteiger partial charge in [0.2, 0.25) is 11.2 Å². The molecule has 0 saturated carbocycles. The van der Waals surface area contributed by atoms with Crippen molar-refractivity contribution in [2.75, 3.05) is 39.3 Å². The first kappa shape index (κ1) is 41.2. The molecule has 288 valence electrons. The average molecular weight is 747 g/mol. The Labute approximate surface area is 311 Å². The monoisotopic (exact) mass is 746 g/mol. The summed E-state index contributed by atoms with van der Waals surface area (Å²) in [4.78, 5) is 60.1. The summed E-state index contributed by atoms with van der Waals surface area (Å²) in [5, 5.41) is 53.3. The van der Waals surface area contributed by atoms with Crippen molar-refractivity contribution < 1.29 is 49.4 Å². The van der Waals surface area contributed by atoms with Crippen molar-refractivity contribution in [3.05, 3.63) is 111 Å². The quantitative estimate of drug-likeness (QED) is 0.0558. The fourth-order valence-corrected chi connectivity index (χ4v) is 6.81. The molecule has 3 fully saturated rings. The number of piperidine rings is 3. The Morgan fingerprint density at radius 1 is 0.926 bits per heavy atom. The molecule has 7 rings (SSSR count). The molecule has 0 spiro atoms. The highest BCUT2D eigenvalue weighted by Gasteiger charge is 2.45.